The third-order valence-corrected chi connectivity index (χ3v) is 2.75. The van der Waals surface area contributed by atoms with Crippen LogP contribution in [0.25, 0.3) is 0 Å². The van der Waals surface area contributed by atoms with Gasteiger partial charge in [0.25, 0.3) is 6.02 Å². The maximum atomic E-state index is 10.9. The topological polar surface area (TPSA) is 51.1 Å². The highest BCUT2D eigenvalue weighted by Crippen LogP contribution is 2.35. The average Bonchev–Trinajstić information content (AvgIpc) is 2.70. The molecule has 2 aliphatic rings. The van der Waals surface area contributed by atoms with E-state index < -0.39 is 5.54 Å². The number of ether oxygens (including phenoxy) is 2. The van der Waals surface area contributed by atoms with Crippen LogP contribution in [0.4, 0.5) is 0 Å². The van der Waals surface area contributed by atoms with Gasteiger partial charge >= 0.3 is 5.97 Å². The molecule has 0 aromatic carbocycles. The van der Waals surface area contributed by atoms with Crippen molar-refractivity contribution in [2.24, 2.45) is 4.99 Å². The Morgan fingerprint density at radius 2 is 2.50 bits per heavy atom. The molecule has 1 aliphatic heterocycles. The van der Waals surface area contributed by atoms with Crippen LogP contribution in [0.1, 0.15) is 13.3 Å². The van der Waals surface area contributed by atoms with E-state index in [4.69, 9.17) is 9.47 Å². The van der Waals surface area contributed by atoms with Crippen molar-refractivity contribution in [3.63, 3.8) is 0 Å². The first-order chi connectivity index (χ1) is 7.53. The van der Waals surface area contributed by atoms with E-state index in [1.54, 1.807) is 0 Å². The van der Waals surface area contributed by atoms with E-state index in [0.29, 0.717) is 6.02 Å². The minimum absolute atomic E-state index is 0.0377. The lowest BCUT2D eigenvalue weighted by Crippen LogP contribution is -2.38. The summed E-state index contributed by atoms with van der Waals surface area (Å²) in [6, 6.07) is 0.599. The summed E-state index contributed by atoms with van der Waals surface area (Å²) >= 11 is 0. The van der Waals surface area contributed by atoms with Gasteiger partial charge in [0, 0.05) is 27.4 Å². The molecule has 0 amide bonds. The molecule has 0 radical (unpaired) electrons. The largest absolute Gasteiger partial charge is 0.463 e. The molecule has 88 valence electrons. The van der Waals surface area contributed by atoms with Gasteiger partial charge in [-0.3, -0.25) is 4.79 Å². The number of rotatable bonds is 2. The summed E-state index contributed by atoms with van der Waals surface area (Å²) in [6.07, 6.45) is 4.76. The van der Waals surface area contributed by atoms with Crippen LogP contribution in [-0.4, -0.2) is 49.2 Å². The molecule has 0 spiro atoms. The van der Waals surface area contributed by atoms with Gasteiger partial charge in [0.15, 0.2) is 5.54 Å². The number of fused-ring (bicyclic) bond motifs is 1. The van der Waals surface area contributed by atoms with Crippen LogP contribution in [0, 0.1) is 0 Å². The van der Waals surface area contributed by atoms with E-state index in [-0.39, 0.29) is 18.7 Å². The van der Waals surface area contributed by atoms with Crippen molar-refractivity contribution in [2.45, 2.75) is 25.0 Å². The Labute approximate surface area is 94.7 Å². The molecule has 1 aliphatic carbocycles. The predicted octanol–water partition coefficient (Wildman–Crippen LogP) is 0.565. The first-order valence-electron chi connectivity index (χ1n) is 5.28. The van der Waals surface area contributed by atoms with Crippen LogP contribution >= 0.6 is 0 Å². The lowest BCUT2D eigenvalue weighted by Gasteiger charge is -2.22. The Kier molecular flexibility index (Phi) is 2.61. The molecule has 2 rings (SSSR count). The van der Waals surface area contributed by atoms with Crippen LogP contribution in [0.3, 0.4) is 0 Å². The van der Waals surface area contributed by atoms with E-state index in [1.165, 1.54) is 6.92 Å². The van der Waals surface area contributed by atoms with Crippen LogP contribution < -0.4 is 0 Å². The van der Waals surface area contributed by atoms with Gasteiger partial charge in [-0.15, -0.1) is 0 Å². The molecular formula is C11H16N2O3. The van der Waals surface area contributed by atoms with Gasteiger partial charge in [-0.2, -0.15) is 0 Å². The lowest BCUT2D eigenvalue weighted by molar-refractivity contribution is -0.142. The Balaban J connectivity index is 2.16. The Morgan fingerprint density at radius 3 is 3.12 bits per heavy atom. The van der Waals surface area contributed by atoms with E-state index in [2.05, 4.69) is 4.99 Å². The van der Waals surface area contributed by atoms with Gasteiger partial charge in [0.2, 0.25) is 0 Å². The molecule has 2 atom stereocenters. The fourth-order valence-corrected chi connectivity index (χ4v) is 1.89. The van der Waals surface area contributed by atoms with Gasteiger partial charge in [-0.1, -0.05) is 12.2 Å². The van der Waals surface area contributed by atoms with Crippen molar-refractivity contribution >= 4 is 12.0 Å². The highest BCUT2D eigenvalue weighted by atomic mass is 16.5. The predicted molar refractivity (Wildman–Crippen MR) is 59.1 cm³/mol. The van der Waals surface area contributed by atoms with E-state index in [0.717, 1.165) is 6.42 Å². The minimum atomic E-state index is -0.509. The molecule has 0 fully saturated rings. The van der Waals surface area contributed by atoms with Crippen molar-refractivity contribution in [1.29, 1.82) is 0 Å². The summed E-state index contributed by atoms with van der Waals surface area (Å²) in [5.41, 5.74) is -0.509. The van der Waals surface area contributed by atoms with Gasteiger partial charge in [0.05, 0.1) is 0 Å². The SMILES string of the molecule is CC(=O)OCC12C=CCC1OC(N(C)C)=N2. The summed E-state index contributed by atoms with van der Waals surface area (Å²) in [5.74, 6) is -0.290. The quantitative estimate of drug-likeness (QED) is 0.508. The third kappa shape index (κ3) is 1.77. The zero-order valence-electron chi connectivity index (χ0n) is 9.77. The van der Waals surface area contributed by atoms with Crippen molar-refractivity contribution in [1.82, 2.24) is 4.90 Å². The number of carbonyl (C=O) groups is 1. The van der Waals surface area contributed by atoms with Crippen molar-refractivity contribution in [3.05, 3.63) is 12.2 Å². The minimum Gasteiger partial charge on any atom is -0.463 e. The fraction of sp³-hybridized carbons (Fsp3) is 0.636. The summed E-state index contributed by atoms with van der Waals surface area (Å²) in [6.45, 7) is 1.65. The monoisotopic (exact) mass is 224 g/mol. The maximum absolute atomic E-state index is 10.9. The average molecular weight is 224 g/mol. The summed E-state index contributed by atoms with van der Waals surface area (Å²) in [4.78, 5) is 17.2. The number of nitrogens with zero attached hydrogens (tertiary/aromatic N) is 2. The molecule has 0 bridgehead atoms. The number of esters is 1. The molecule has 1 heterocycles. The third-order valence-electron chi connectivity index (χ3n) is 2.75. The molecule has 0 saturated carbocycles. The molecule has 5 heteroatoms. The van der Waals surface area contributed by atoms with Gasteiger partial charge in [-0.05, 0) is 0 Å². The maximum Gasteiger partial charge on any atom is 0.302 e. The summed E-state index contributed by atoms with van der Waals surface area (Å²) in [5, 5.41) is 0. The Morgan fingerprint density at radius 1 is 1.75 bits per heavy atom. The smallest absolute Gasteiger partial charge is 0.302 e. The molecule has 16 heavy (non-hydrogen) atoms. The number of aliphatic imine (C=N–C) groups is 1. The van der Waals surface area contributed by atoms with Crippen LogP contribution in [0.2, 0.25) is 0 Å². The number of carbonyl (C=O) groups excluding carboxylic acids is 1. The van der Waals surface area contributed by atoms with Crippen molar-refractivity contribution in [2.75, 3.05) is 20.7 Å². The van der Waals surface area contributed by atoms with Crippen LogP contribution in [0.5, 0.6) is 0 Å². The Bertz CT molecular complexity index is 362. The first-order valence-corrected chi connectivity index (χ1v) is 5.28. The molecule has 0 N–H and O–H groups in total. The van der Waals surface area contributed by atoms with Gasteiger partial charge in [-0.25, -0.2) is 4.99 Å². The zero-order chi connectivity index (χ0) is 11.8. The Hall–Kier alpha value is -1.52. The number of amidine groups is 1. The molecule has 5 nitrogen and oxygen atoms in total. The summed E-state index contributed by atoms with van der Waals surface area (Å²) < 4.78 is 10.8. The molecule has 0 aromatic heterocycles. The van der Waals surface area contributed by atoms with Crippen LogP contribution in [0.15, 0.2) is 17.1 Å². The van der Waals surface area contributed by atoms with Gasteiger partial charge in [0.1, 0.15) is 12.7 Å². The first kappa shape index (κ1) is 11.0. The zero-order valence-corrected chi connectivity index (χ0v) is 9.77. The number of hydrogen-bond acceptors (Lipinski definition) is 5. The van der Waals surface area contributed by atoms with Gasteiger partial charge < -0.3 is 14.4 Å². The normalized spacial score (nSPS) is 30.7. The fourth-order valence-electron chi connectivity index (χ4n) is 1.89. The molecule has 0 saturated heterocycles. The highest BCUT2D eigenvalue weighted by Gasteiger charge is 2.48. The standard InChI is InChI=1S/C11H16N2O3/c1-8(14)15-7-11-6-4-5-9(11)16-10(12-11)13(2)3/h4,6,9H,5,7H2,1-3H3. The molecule has 0 aromatic rings. The van der Waals surface area contributed by atoms with E-state index in [9.17, 15) is 4.79 Å². The van der Waals surface area contributed by atoms with E-state index >= 15 is 0 Å². The molecular weight excluding hydrogens is 208 g/mol. The lowest BCUT2D eigenvalue weighted by atomic mass is 9.99. The summed E-state index contributed by atoms with van der Waals surface area (Å²) in [7, 11) is 3.76. The highest BCUT2D eigenvalue weighted by molar-refractivity contribution is 5.77. The van der Waals surface area contributed by atoms with E-state index in [1.807, 2.05) is 31.1 Å². The second-order valence-electron chi connectivity index (χ2n) is 4.30. The number of hydrogen-bond donors (Lipinski definition) is 0. The van der Waals surface area contributed by atoms with Crippen LogP contribution in [-0.2, 0) is 14.3 Å². The second kappa shape index (κ2) is 3.81. The van der Waals surface area contributed by atoms with Crippen molar-refractivity contribution in [3.8, 4) is 0 Å². The molecule has 2 unspecified atom stereocenters. The second-order valence-corrected chi connectivity index (χ2v) is 4.30. The van der Waals surface area contributed by atoms with Crippen molar-refractivity contribution < 1.29 is 14.3 Å².